The summed E-state index contributed by atoms with van der Waals surface area (Å²) in [6.07, 6.45) is 3.66. The number of piperidine rings is 1. The van der Waals surface area contributed by atoms with Crippen LogP contribution >= 0.6 is 0 Å². The van der Waals surface area contributed by atoms with Crippen LogP contribution in [0.1, 0.15) is 23.3 Å². The van der Waals surface area contributed by atoms with Crippen LogP contribution in [-0.2, 0) is 0 Å². The molecule has 0 aliphatic carbocycles. The molecule has 1 aromatic carbocycles. The van der Waals surface area contributed by atoms with E-state index >= 15 is 0 Å². The molecule has 0 radical (unpaired) electrons. The Bertz CT molecular complexity index is 606. The topological polar surface area (TPSA) is 59.2 Å². The molecule has 0 spiro atoms. The van der Waals surface area contributed by atoms with E-state index in [-0.39, 0.29) is 11.9 Å². The van der Waals surface area contributed by atoms with Crippen molar-refractivity contribution in [2.24, 2.45) is 5.73 Å². The number of aromatic nitrogens is 1. The second-order valence-corrected chi connectivity index (χ2v) is 5.03. The van der Waals surface area contributed by atoms with Crippen molar-refractivity contribution in [2.45, 2.75) is 18.9 Å². The first kappa shape index (κ1) is 12.1. The van der Waals surface area contributed by atoms with Crippen LogP contribution in [0.3, 0.4) is 0 Å². The molecule has 1 aliphatic heterocycles. The van der Waals surface area contributed by atoms with Crippen LogP contribution in [0.2, 0.25) is 0 Å². The molecule has 1 unspecified atom stereocenters. The van der Waals surface area contributed by atoms with Crippen molar-refractivity contribution in [3.63, 3.8) is 0 Å². The number of benzene rings is 1. The molecule has 2 N–H and O–H groups in total. The standard InChI is InChI=1S/C15H17N3O/c16-12-5-3-9-18(10-12)15(19)14-13-6-2-1-4-11(13)7-8-17-14/h1-2,4,6-8,12H,3,5,9-10,16H2. The average molecular weight is 255 g/mol. The van der Waals surface area contributed by atoms with E-state index in [0.29, 0.717) is 12.2 Å². The van der Waals surface area contributed by atoms with Crippen molar-refractivity contribution in [1.29, 1.82) is 0 Å². The van der Waals surface area contributed by atoms with Crippen LogP contribution in [0.4, 0.5) is 0 Å². The lowest BCUT2D eigenvalue weighted by molar-refractivity contribution is 0.0705. The predicted molar refractivity (Wildman–Crippen MR) is 74.9 cm³/mol. The number of fused-ring (bicyclic) bond motifs is 1. The summed E-state index contributed by atoms with van der Waals surface area (Å²) in [6, 6.07) is 9.85. The SMILES string of the molecule is NC1CCCN(C(=O)c2nccc3ccccc23)C1. The molecular formula is C15H17N3O. The number of hydrogen-bond acceptors (Lipinski definition) is 3. The predicted octanol–water partition coefficient (Wildman–Crippen LogP) is 1.80. The molecule has 1 amide bonds. The third-order valence-corrected chi connectivity index (χ3v) is 3.62. The van der Waals surface area contributed by atoms with Crippen molar-refractivity contribution >= 4 is 16.7 Å². The maximum atomic E-state index is 12.6. The van der Waals surface area contributed by atoms with Crippen molar-refractivity contribution in [1.82, 2.24) is 9.88 Å². The minimum atomic E-state index is -0.00745. The lowest BCUT2D eigenvalue weighted by Crippen LogP contribution is -2.45. The van der Waals surface area contributed by atoms with E-state index in [1.807, 2.05) is 35.2 Å². The van der Waals surface area contributed by atoms with Gasteiger partial charge in [-0.05, 0) is 24.3 Å². The molecule has 4 heteroatoms. The number of likely N-dealkylation sites (tertiary alicyclic amines) is 1. The van der Waals surface area contributed by atoms with Gasteiger partial charge in [0, 0.05) is 30.7 Å². The summed E-state index contributed by atoms with van der Waals surface area (Å²) in [5.74, 6) is -0.00745. The van der Waals surface area contributed by atoms with Gasteiger partial charge in [0.2, 0.25) is 0 Å². The fourth-order valence-corrected chi connectivity index (χ4v) is 2.63. The van der Waals surface area contributed by atoms with Gasteiger partial charge in [-0.15, -0.1) is 0 Å². The maximum absolute atomic E-state index is 12.6. The van der Waals surface area contributed by atoms with Gasteiger partial charge in [-0.1, -0.05) is 24.3 Å². The summed E-state index contributed by atoms with van der Waals surface area (Å²) in [7, 11) is 0. The first-order valence-corrected chi connectivity index (χ1v) is 6.64. The van der Waals surface area contributed by atoms with Gasteiger partial charge in [-0.25, -0.2) is 0 Å². The number of nitrogens with two attached hydrogens (primary N) is 1. The van der Waals surface area contributed by atoms with Crippen LogP contribution in [-0.4, -0.2) is 34.9 Å². The molecule has 1 aliphatic rings. The molecule has 1 saturated heterocycles. The van der Waals surface area contributed by atoms with Crippen molar-refractivity contribution < 1.29 is 4.79 Å². The first-order chi connectivity index (χ1) is 9.25. The molecule has 1 atom stereocenters. The second kappa shape index (κ2) is 4.97. The highest BCUT2D eigenvalue weighted by molar-refractivity contribution is 6.05. The summed E-state index contributed by atoms with van der Waals surface area (Å²) < 4.78 is 0. The van der Waals surface area contributed by atoms with Crippen molar-refractivity contribution in [2.75, 3.05) is 13.1 Å². The quantitative estimate of drug-likeness (QED) is 0.845. The Labute approximate surface area is 112 Å². The molecule has 3 rings (SSSR count). The second-order valence-electron chi connectivity index (χ2n) is 5.03. The smallest absolute Gasteiger partial charge is 0.273 e. The van der Waals surface area contributed by atoms with E-state index in [1.54, 1.807) is 6.20 Å². The Morgan fingerprint density at radius 1 is 1.32 bits per heavy atom. The van der Waals surface area contributed by atoms with E-state index in [0.717, 1.165) is 30.2 Å². The first-order valence-electron chi connectivity index (χ1n) is 6.64. The largest absolute Gasteiger partial charge is 0.336 e. The van der Waals surface area contributed by atoms with E-state index in [2.05, 4.69) is 4.98 Å². The molecule has 0 bridgehead atoms. The minimum Gasteiger partial charge on any atom is -0.336 e. The van der Waals surface area contributed by atoms with Gasteiger partial charge in [0.25, 0.3) is 5.91 Å². The highest BCUT2D eigenvalue weighted by Crippen LogP contribution is 2.19. The zero-order valence-electron chi connectivity index (χ0n) is 10.7. The fraction of sp³-hybridized carbons (Fsp3) is 0.333. The minimum absolute atomic E-state index is 0.00745. The van der Waals surface area contributed by atoms with Gasteiger partial charge in [-0.3, -0.25) is 9.78 Å². The number of pyridine rings is 1. The van der Waals surface area contributed by atoms with Crippen LogP contribution in [0.15, 0.2) is 36.5 Å². The Morgan fingerprint density at radius 2 is 2.16 bits per heavy atom. The number of amides is 1. The zero-order valence-corrected chi connectivity index (χ0v) is 10.7. The third-order valence-electron chi connectivity index (χ3n) is 3.62. The summed E-state index contributed by atoms with van der Waals surface area (Å²) >= 11 is 0. The zero-order chi connectivity index (χ0) is 13.2. The Hall–Kier alpha value is -1.94. The number of carbonyl (C=O) groups excluding carboxylic acids is 1. The molecule has 4 nitrogen and oxygen atoms in total. The van der Waals surface area contributed by atoms with Gasteiger partial charge < -0.3 is 10.6 Å². The lowest BCUT2D eigenvalue weighted by atomic mass is 10.0. The van der Waals surface area contributed by atoms with Crippen LogP contribution in [0.5, 0.6) is 0 Å². The van der Waals surface area contributed by atoms with E-state index in [1.165, 1.54) is 0 Å². The van der Waals surface area contributed by atoms with Crippen LogP contribution in [0.25, 0.3) is 10.8 Å². The van der Waals surface area contributed by atoms with Crippen molar-refractivity contribution in [3.8, 4) is 0 Å². The normalized spacial score (nSPS) is 19.6. The van der Waals surface area contributed by atoms with Gasteiger partial charge >= 0.3 is 0 Å². The molecular weight excluding hydrogens is 238 g/mol. The molecule has 1 aromatic heterocycles. The molecule has 2 heterocycles. The molecule has 1 fully saturated rings. The van der Waals surface area contributed by atoms with Gasteiger partial charge in [-0.2, -0.15) is 0 Å². The molecule has 19 heavy (non-hydrogen) atoms. The number of nitrogens with zero attached hydrogens (tertiary/aromatic N) is 2. The van der Waals surface area contributed by atoms with Crippen LogP contribution in [0, 0.1) is 0 Å². The summed E-state index contributed by atoms with van der Waals surface area (Å²) in [6.45, 7) is 1.40. The number of carbonyl (C=O) groups is 1. The number of rotatable bonds is 1. The summed E-state index contributed by atoms with van der Waals surface area (Å²) in [4.78, 5) is 18.7. The average Bonchev–Trinajstić information content (AvgIpc) is 2.46. The van der Waals surface area contributed by atoms with Gasteiger partial charge in [0.1, 0.15) is 5.69 Å². The van der Waals surface area contributed by atoms with Crippen molar-refractivity contribution in [3.05, 3.63) is 42.2 Å². The monoisotopic (exact) mass is 255 g/mol. The van der Waals surface area contributed by atoms with E-state index in [4.69, 9.17) is 5.73 Å². The molecule has 98 valence electrons. The Morgan fingerprint density at radius 3 is 3.00 bits per heavy atom. The third kappa shape index (κ3) is 2.31. The molecule has 0 saturated carbocycles. The highest BCUT2D eigenvalue weighted by atomic mass is 16.2. The highest BCUT2D eigenvalue weighted by Gasteiger charge is 2.24. The lowest BCUT2D eigenvalue weighted by Gasteiger charge is -2.30. The van der Waals surface area contributed by atoms with E-state index in [9.17, 15) is 4.79 Å². The van der Waals surface area contributed by atoms with Crippen LogP contribution < -0.4 is 5.73 Å². The van der Waals surface area contributed by atoms with Gasteiger partial charge in [0.05, 0.1) is 0 Å². The van der Waals surface area contributed by atoms with Gasteiger partial charge in [0.15, 0.2) is 0 Å². The van der Waals surface area contributed by atoms with E-state index < -0.39 is 0 Å². The molecule has 2 aromatic rings. The summed E-state index contributed by atoms with van der Waals surface area (Å²) in [5, 5.41) is 1.95. The number of hydrogen-bond donors (Lipinski definition) is 1. The summed E-state index contributed by atoms with van der Waals surface area (Å²) in [5.41, 5.74) is 6.47. The Balaban J connectivity index is 1.97. The maximum Gasteiger partial charge on any atom is 0.273 e. The Kier molecular flexibility index (Phi) is 3.17. The fourth-order valence-electron chi connectivity index (χ4n) is 2.63.